The molecular weight excluding hydrogens is 197 g/mol. The van der Waals surface area contributed by atoms with Crippen molar-refractivity contribution in [2.75, 3.05) is 6.61 Å². The predicted octanol–water partition coefficient (Wildman–Crippen LogP) is 2.21. The molecule has 14 heavy (non-hydrogen) atoms. The van der Waals surface area contributed by atoms with Crippen molar-refractivity contribution < 1.29 is 22.7 Å². The van der Waals surface area contributed by atoms with Gasteiger partial charge in [-0.3, -0.25) is 0 Å². The second-order valence-electron chi connectivity index (χ2n) is 2.48. The molecule has 0 atom stereocenters. The van der Waals surface area contributed by atoms with Crippen molar-refractivity contribution in [2.24, 2.45) is 0 Å². The van der Waals surface area contributed by atoms with Gasteiger partial charge in [0.1, 0.15) is 0 Å². The van der Waals surface area contributed by atoms with E-state index in [4.69, 9.17) is 0 Å². The van der Waals surface area contributed by atoms with E-state index in [9.17, 15) is 18.0 Å². The van der Waals surface area contributed by atoms with Crippen LogP contribution in [0.4, 0.5) is 13.2 Å². The number of alkyl halides is 3. The van der Waals surface area contributed by atoms with Gasteiger partial charge in [0.15, 0.2) is 6.61 Å². The lowest BCUT2D eigenvalue weighted by Crippen LogP contribution is -2.20. The number of esters is 1. The van der Waals surface area contributed by atoms with Crippen LogP contribution in [0.25, 0.3) is 0 Å². The maximum absolute atomic E-state index is 11.6. The largest absolute Gasteiger partial charge is 0.452 e. The lowest BCUT2D eigenvalue weighted by Gasteiger charge is -2.07. The van der Waals surface area contributed by atoms with E-state index in [0.717, 1.165) is 0 Å². The monoisotopic (exact) mass is 203 g/mol. The number of benzene rings is 1. The van der Waals surface area contributed by atoms with Crippen molar-refractivity contribution >= 4 is 5.97 Å². The number of ether oxygens (including phenoxy) is 1. The van der Waals surface area contributed by atoms with Gasteiger partial charge in [0.2, 0.25) is 0 Å². The smallest absolute Gasteiger partial charge is 0.422 e. The van der Waals surface area contributed by atoms with E-state index < -0.39 is 18.8 Å². The van der Waals surface area contributed by atoms with Crippen molar-refractivity contribution in [3.63, 3.8) is 0 Å². The molecule has 1 radical (unpaired) electrons. The highest BCUT2D eigenvalue weighted by atomic mass is 19.4. The molecular formula is C9H6F3O2. The summed E-state index contributed by atoms with van der Waals surface area (Å²) in [5, 5.41) is 0. The van der Waals surface area contributed by atoms with E-state index >= 15 is 0 Å². The van der Waals surface area contributed by atoms with E-state index in [2.05, 4.69) is 10.8 Å². The van der Waals surface area contributed by atoms with Crippen LogP contribution in [0.3, 0.4) is 0 Å². The maximum Gasteiger partial charge on any atom is 0.422 e. The Hall–Kier alpha value is -1.52. The number of carbonyl (C=O) groups excluding carboxylic acids is 1. The van der Waals surface area contributed by atoms with E-state index in [1.807, 2.05) is 0 Å². The van der Waals surface area contributed by atoms with Gasteiger partial charge in [-0.05, 0) is 18.2 Å². The summed E-state index contributed by atoms with van der Waals surface area (Å²) in [6.07, 6.45) is -4.49. The lowest BCUT2D eigenvalue weighted by molar-refractivity contribution is -0.161. The minimum Gasteiger partial charge on any atom is -0.452 e. The zero-order valence-electron chi connectivity index (χ0n) is 6.97. The number of halogens is 3. The first kappa shape index (κ1) is 10.6. The molecule has 75 valence electrons. The van der Waals surface area contributed by atoms with Crippen LogP contribution in [0, 0.1) is 6.07 Å². The summed E-state index contributed by atoms with van der Waals surface area (Å²) in [5.41, 5.74) is 0.0769. The van der Waals surface area contributed by atoms with Gasteiger partial charge in [0.05, 0.1) is 5.56 Å². The summed E-state index contributed by atoms with van der Waals surface area (Å²) in [6, 6.07) is 8.14. The Morgan fingerprint density at radius 3 is 2.43 bits per heavy atom. The van der Waals surface area contributed by atoms with Crippen LogP contribution >= 0.6 is 0 Å². The third-order valence-corrected chi connectivity index (χ3v) is 1.32. The highest BCUT2D eigenvalue weighted by molar-refractivity contribution is 5.89. The highest BCUT2D eigenvalue weighted by Crippen LogP contribution is 2.15. The summed E-state index contributed by atoms with van der Waals surface area (Å²) < 4.78 is 39.0. The maximum atomic E-state index is 11.6. The molecule has 0 N–H and O–H groups in total. The minimum absolute atomic E-state index is 0.0769. The summed E-state index contributed by atoms with van der Waals surface area (Å²) >= 11 is 0. The van der Waals surface area contributed by atoms with E-state index in [1.165, 1.54) is 24.3 Å². The van der Waals surface area contributed by atoms with Crippen molar-refractivity contribution in [1.82, 2.24) is 0 Å². The molecule has 0 spiro atoms. The van der Waals surface area contributed by atoms with Crippen LogP contribution in [-0.2, 0) is 4.74 Å². The van der Waals surface area contributed by atoms with Crippen LogP contribution in [0.5, 0.6) is 0 Å². The predicted molar refractivity (Wildman–Crippen MR) is 41.6 cm³/mol. The molecule has 0 aliphatic heterocycles. The number of hydrogen-bond acceptors (Lipinski definition) is 2. The third-order valence-electron chi connectivity index (χ3n) is 1.32. The first-order valence-electron chi connectivity index (χ1n) is 3.69. The summed E-state index contributed by atoms with van der Waals surface area (Å²) in [5.74, 6) is -0.990. The third kappa shape index (κ3) is 3.47. The van der Waals surface area contributed by atoms with Gasteiger partial charge in [-0.1, -0.05) is 12.1 Å². The van der Waals surface area contributed by atoms with Gasteiger partial charge >= 0.3 is 12.1 Å². The van der Waals surface area contributed by atoms with Crippen molar-refractivity contribution in [1.29, 1.82) is 0 Å². The van der Waals surface area contributed by atoms with E-state index in [0.29, 0.717) is 0 Å². The van der Waals surface area contributed by atoms with Crippen LogP contribution < -0.4 is 0 Å². The molecule has 0 saturated carbocycles. The zero-order chi connectivity index (χ0) is 10.6. The van der Waals surface area contributed by atoms with Crippen molar-refractivity contribution in [3.8, 4) is 0 Å². The standard InChI is InChI=1S/C9H6F3O2/c10-9(11,12)6-14-8(13)7-4-2-1-3-5-7/h2-5H,6H2. The first-order valence-corrected chi connectivity index (χ1v) is 3.69. The fraction of sp³-hybridized carbons (Fsp3) is 0.222. The fourth-order valence-electron chi connectivity index (χ4n) is 0.754. The highest BCUT2D eigenvalue weighted by Gasteiger charge is 2.29. The molecule has 0 aliphatic rings. The van der Waals surface area contributed by atoms with Gasteiger partial charge in [-0.25, -0.2) is 4.79 Å². The Labute approximate surface area is 78.3 Å². The van der Waals surface area contributed by atoms with Gasteiger partial charge in [-0.15, -0.1) is 0 Å². The molecule has 2 nitrogen and oxygen atoms in total. The SMILES string of the molecule is O=C(OCC(F)(F)F)c1cc[c]cc1. The molecule has 0 unspecified atom stereocenters. The summed E-state index contributed by atoms with van der Waals surface area (Å²) in [4.78, 5) is 11.0. The van der Waals surface area contributed by atoms with Crippen molar-refractivity contribution in [2.45, 2.75) is 6.18 Å². The Bertz CT molecular complexity index is 306. The molecule has 5 heteroatoms. The Kier molecular flexibility index (Phi) is 3.11. The molecule has 1 rings (SSSR count). The van der Waals surface area contributed by atoms with Gasteiger partial charge in [0, 0.05) is 0 Å². The van der Waals surface area contributed by atoms with Crippen LogP contribution in [-0.4, -0.2) is 18.8 Å². The average molecular weight is 203 g/mol. The summed E-state index contributed by atoms with van der Waals surface area (Å²) in [6.45, 7) is -1.57. The molecule has 0 heterocycles. The second-order valence-corrected chi connectivity index (χ2v) is 2.48. The fourth-order valence-corrected chi connectivity index (χ4v) is 0.754. The molecule has 1 aromatic rings. The molecule has 0 fully saturated rings. The van der Waals surface area contributed by atoms with Gasteiger partial charge in [0.25, 0.3) is 0 Å². The Morgan fingerprint density at radius 2 is 1.93 bits per heavy atom. The Morgan fingerprint density at radius 1 is 1.36 bits per heavy atom. The molecule has 0 amide bonds. The van der Waals surface area contributed by atoms with Crippen molar-refractivity contribution in [3.05, 3.63) is 35.9 Å². The quantitative estimate of drug-likeness (QED) is 0.689. The van der Waals surface area contributed by atoms with E-state index in [-0.39, 0.29) is 5.56 Å². The zero-order valence-corrected chi connectivity index (χ0v) is 6.97. The minimum atomic E-state index is -4.49. The molecule has 0 saturated heterocycles. The van der Waals surface area contributed by atoms with Crippen LogP contribution in [0.2, 0.25) is 0 Å². The second kappa shape index (κ2) is 4.13. The average Bonchev–Trinajstić information content (AvgIpc) is 2.14. The van der Waals surface area contributed by atoms with Gasteiger partial charge in [-0.2, -0.15) is 13.2 Å². The molecule has 0 aliphatic carbocycles. The number of hydrogen-bond donors (Lipinski definition) is 0. The first-order chi connectivity index (χ1) is 6.49. The normalized spacial score (nSPS) is 11.1. The Balaban J connectivity index is 2.52. The molecule has 1 aromatic carbocycles. The molecule has 0 bridgehead atoms. The lowest BCUT2D eigenvalue weighted by atomic mass is 10.2. The number of rotatable bonds is 2. The van der Waals surface area contributed by atoms with Crippen LogP contribution in [0.15, 0.2) is 24.3 Å². The van der Waals surface area contributed by atoms with Gasteiger partial charge < -0.3 is 4.74 Å². The van der Waals surface area contributed by atoms with E-state index in [1.54, 1.807) is 0 Å². The topological polar surface area (TPSA) is 26.3 Å². The molecule has 0 aromatic heterocycles. The van der Waals surface area contributed by atoms with Crippen LogP contribution in [0.1, 0.15) is 10.4 Å². The summed E-state index contributed by atoms with van der Waals surface area (Å²) in [7, 11) is 0. The number of carbonyl (C=O) groups is 1.